The van der Waals surface area contributed by atoms with Gasteiger partial charge in [-0.1, -0.05) is 27.7 Å². The number of hydrogen-bond acceptors (Lipinski definition) is 3. The van der Waals surface area contributed by atoms with E-state index in [1.165, 1.54) is 0 Å². The van der Waals surface area contributed by atoms with Crippen LogP contribution in [0.2, 0.25) is 0 Å². The van der Waals surface area contributed by atoms with Gasteiger partial charge in [0.05, 0.1) is 23.7 Å². The molecule has 3 N–H and O–H groups in total. The van der Waals surface area contributed by atoms with Gasteiger partial charge in [0.2, 0.25) is 0 Å². The van der Waals surface area contributed by atoms with Crippen LogP contribution in [0.15, 0.2) is 6.20 Å². The summed E-state index contributed by atoms with van der Waals surface area (Å²) in [6, 6.07) is -0.226. The number of nitrogens with zero attached hydrogens (tertiary/aromatic N) is 2. The molecule has 0 aliphatic rings. The summed E-state index contributed by atoms with van der Waals surface area (Å²) in [6.45, 7) is 11.5. The normalized spacial score (nSPS) is 14.0. The Balaban J connectivity index is 2.55. The molecule has 1 aromatic rings. The van der Waals surface area contributed by atoms with Crippen molar-refractivity contribution in [2.45, 2.75) is 60.1 Å². The van der Waals surface area contributed by atoms with E-state index in [9.17, 15) is 9.90 Å². The number of aliphatic hydroxyl groups is 1. The molecule has 2 unspecified atom stereocenters. The summed E-state index contributed by atoms with van der Waals surface area (Å²) in [6.07, 6.45) is 2.86. The SMILES string of the molecule is CCc1c(NC(=O)NCC(C)CC(C)O)cnn1CC(C)C. The number of amides is 2. The molecule has 22 heavy (non-hydrogen) atoms. The summed E-state index contributed by atoms with van der Waals surface area (Å²) >= 11 is 0. The number of nitrogens with one attached hydrogen (secondary N) is 2. The van der Waals surface area contributed by atoms with Gasteiger partial charge in [-0.25, -0.2) is 4.79 Å². The smallest absolute Gasteiger partial charge is 0.319 e. The number of anilines is 1. The fourth-order valence-electron chi connectivity index (χ4n) is 2.49. The second kappa shape index (κ2) is 8.78. The molecule has 0 aliphatic heterocycles. The molecule has 0 saturated carbocycles. The average molecular weight is 310 g/mol. The second-order valence-corrected chi connectivity index (χ2v) is 6.46. The predicted octanol–water partition coefficient (Wildman–Crippen LogP) is 2.63. The van der Waals surface area contributed by atoms with Gasteiger partial charge >= 0.3 is 6.03 Å². The predicted molar refractivity (Wildman–Crippen MR) is 88.9 cm³/mol. The average Bonchev–Trinajstić information content (AvgIpc) is 2.76. The number of aliphatic hydroxyl groups excluding tert-OH is 1. The molecule has 0 bridgehead atoms. The summed E-state index contributed by atoms with van der Waals surface area (Å²) in [5.74, 6) is 0.744. The van der Waals surface area contributed by atoms with Crippen LogP contribution in [-0.2, 0) is 13.0 Å². The molecule has 126 valence electrons. The van der Waals surface area contributed by atoms with E-state index in [0.29, 0.717) is 18.9 Å². The fourth-order valence-corrected chi connectivity index (χ4v) is 2.49. The van der Waals surface area contributed by atoms with E-state index in [2.05, 4.69) is 36.5 Å². The minimum Gasteiger partial charge on any atom is -0.393 e. The van der Waals surface area contributed by atoms with Crippen molar-refractivity contribution in [3.63, 3.8) is 0 Å². The lowest BCUT2D eigenvalue weighted by molar-refractivity contribution is 0.163. The van der Waals surface area contributed by atoms with E-state index in [4.69, 9.17) is 0 Å². The molecule has 0 fully saturated rings. The lowest BCUT2D eigenvalue weighted by Gasteiger charge is -2.15. The first-order chi connectivity index (χ1) is 10.3. The van der Waals surface area contributed by atoms with Crippen LogP contribution in [0.1, 0.15) is 46.7 Å². The molecule has 1 heterocycles. The number of carbonyl (C=O) groups is 1. The van der Waals surface area contributed by atoms with Gasteiger partial charge in [0, 0.05) is 13.1 Å². The summed E-state index contributed by atoms with van der Waals surface area (Å²) < 4.78 is 1.95. The van der Waals surface area contributed by atoms with Gasteiger partial charge < -0.3 is 15.7 Å². The van der Waals surface area contributed by atoms with Crippen LogP contribution >= 0.6 is 0 Å². The minimum absolute atomic E-state index is 0.226. The van der Waals surface area contributed by atoms with Crippen LogP contribution in [-0.4, -0.2) is 33.6 Å². The maximum Gasteiger partial charge on any atom is 0.319 e. The number of rotatable bonds is 8. The van der Waals surface area contributed by atoms with Crippen LogP contribution in [0.4, 0.5) is 10.5 Å². The maximum atomic E-state index is 12.0. The molecule has 1 aromatic heterocycles. The number of hydrogen-bond donors (Lipinski definition) is 3. The van der Waals surface area contributed by atoms with Gasteiger partial charge in [-0.3, -0.25) is 4.68 Å². The molecular weight excluding hydrogens is 280 g/mol. The maximum absolute atomic E-state index is 12.0. The Labute approximate surface area is 133 Å². The van der Waals surface area contributed by atoms with E-state index >= 15 is 0 Å². The van der Waals surface area contributed by atoms with Gasteiger partial charge in [0.1, 0.15) is 0 Å². The lowest BCUT2D eigenvalue weighted by atomic mass is 10.1. The molecule has 0 radical (unpaired) electrons. The Kier molecular flexibility index (Phi) is 7.38. The van der Waals surface area contributed by atoms with Crippen LogP contribution in [0.3, 0.4) is 0 Å². The van der Waals surface area contributed by atoms with Crippen molar-refractivity contribution >= 4 is 11.7 Å². The largest absolute Gasteiger partial charge is 0.393 e. The Morgan fingerprint density at radius 1 is 1.36 bits per heavy atom. The molecule has 0 aromatic carbocycles. The van der Waals surface area contributed by atoms with Crippen LogP contribution in [0.5, 0.6) is 0 Å². The topological polar surface area (TPSA) is 79.2 Å². The van der Waals surface area contributed by atoms with E-state index < -0.39 is 0 Å². The van der Waals surface area contributed by atoms with Crippen LogP contribution in [0, 0.1) is 11.8 Å². The van der Waals surface area contributed by atoms with Crippen LogP contribution in [0.25, 0.3) is 0 Å². The molecule has 0 spiro atoms. The van der Waals surface area contributed by atoms with E-state index in [1.54, 1.807) is 13.1 Å². The number of aromatic nitrogens is 2. The third kappa shape index (κ3) is 6.05. The zero-order valence-electron chi connectivity index (χ0n) is 14.4. The highest BCUT2D eigenvalue weighted by Crippen LogP contribution is 2.17. The summed E-state index contributed by atoms with van der Waals surface area (Å²) in [7, 11) is 0. The standard InChI is InChI=1S/C16H30N4O2/c1-6-15-14(9-18-20(15)10-11(2)3)19-16(22)17-8-12(4)7-13(5)21/h9,11-13,21H,6-8,10H2,1-5H3,(H2,17,19,22). The third-order valence-corrected chi connectivity index (χ3v) is 3.42. The molecule has 0 saturated heterocycles. The first-order valence-electron chi connectivity index (χ1n) is 8.11. The molecule has 0 aliphatic carbocycles. The van der Waals surface area contributed by atoms with E-state index in [0.717, 1.165) is 24.3 Å². The Hall–Kier alpha value is -1.56. The van der Waals surface area contributed by atoms with Gasteiger partial charge in [0.25, 0.3) is 0 Å². The zero-order chi connectivity index (χ0) is 16.7. The molecule has 2 atom stereocenters. The van der Waals surface area contributed by atoms with Crippen molar-refractivity contribution in [3.8, 4) is 0 Å². The summed E-state index contributed by atoms with van der Waals surface area (Å²) in [5, 5.41) is 19.4. The van der Waals surface area contributed by atoms with Crippen molar-refractivity contribution in [2.75, 3.05) is 11.9 Å². The van der Waals surface area contributed by atoms with E-state index in [-0.39, 0.29) is 18.1 Å². The number of urea groups is 1. The molecule has 6 nitrogen and oxygen atoms in total. The lowest BCUT2D eigenvalue weighted by Crippen LogP contribution is -2.33. The minimum atomic E-state index is -0.346. The van der Waals surface area contributed by atoms with Crippen molar-refractivity contribution in [2.24, 2.45) is 11.8 Å². The van der Waals surface area contributed by atoms with Crippen molar-refractivity contribution in [1.82, 2.24) is 15.1 Å². The van der Waals surface area contributed by atoms with Crippen LogP contribution < -0.4 is 10.6 Å². The van der Waals surface area contributed by atoms with E-state index in [1.807, 2.05) is 11.6 Å². The highest BCUT2D eigenvalue weighted by Gasteiger charge is 2.13. The first kappa shape index (κ1) is 18.5. The number of carbonyl (C=O) groups excluding carboxylic acids is 1. The Morgan fingerprint density at radius 3 is 2.59 bits per heavy atom. The fraction of sp³-hybridized carbons (Fsp3) is 0.750. The van der Waals surface area contributed by atoms with Gasteiger partial charge in [0.15, 0.2) is 0 Å². The summed E-state index contributed by atoms with van der Waals surface area (Å²) in [5.41, 5.74) is 1.81. The second-order valence-electron chi connectivity index (χ2n) is 6.46. The highest BCUT2D eigenvalue weighted by molar-refractivity contribution is 5.89. The molecular formula is C16H30N4O2. The van der Waals surface area contributed by atoms with Crippen molar-refractivity contribution in [3.05, 3.63) is 11.9 Å². The Bertz CT molecular complexity index is 469. The quantitative estimate of drug-likeness (QED) is 0.690. The molecule has 2 amide bonds. The Morgan fingerprint density at radius 2 is 2.05 bits per heavy atom. The summed E-state index contributed by atoms with van der Waals surface area (Å²) in [4.78, 5) is 12.0. The van der Waals surface area contributed by atoms with Gasteiger partial charge in [-0.2, -0.15) is 5.10 Å². The molecule has 6 heteroatoms. The zero-order valence-corrected chi connectivity index (χ0v) is 14.4. The van der Waals surface area contributed by atoms with Crippen molar-refractivity contribution in [1.29, 1.82) is 0 Å². The highest BCUT2D eigenvalue weighted by atomic mass is 16.3. The van der Waals surface area contributed by atoms with Gasteiger partial charge in [-0.05, 0) is 31.6 Å². The third-order valence-electron chi connectivity index (χ3n) is 3.42. The first-order valence-corrected chi connectivity index (χ1v) is 8.11. The molecule has 1 rings (SSSR count). The van der Waals surface area contributed by atoms with Gasteiger partial charge in [-0.15, -0.1) is 0 Å². The monoisotopic (exact) mass is 310 g/mol. The van der Waals surface area contributed by atoms with Crippen molar-refractivity contribution < 1.29 is 9.90 Å².